The van der Waals surface area contributed by atoms with Gasteiger partial charge in [-0.2, -0.15) is 0 Å². The largest absolute Gasteiger partial charge is 0.484 e. The lowest BCUT2D eigenvalue weighted by atomic mass is 10.1. The van der Waals surface area contributed by atoms with Crippen molar-refractivity contribution in [3.63, 3.8) is 0 Å². The Kier molecular flexibility index (Phi) is 4.95. The number of ether oxygens (including phenoxy) is 1. The van der Waals surface area contributed by atoms with Gasteiger partial charge in [0.1, 0.15) is 5.75 Å². The summed E-state index contributed by atoms with van der Waals surface area (Å²) in [5.41, 5.74) is 8.62. The lowest BCUT2D eigenvalue weighted by Gasteiger charge is -2.11. The second-order valence-electron chi connectivity index (χ2n) is 5.01. The number of carbonyl (C=O) groups excluding carboxylic acids is 1. The molecule has 0 aliphatic carbocycles. The smallest absolute Gasteiger partial charge is 0.262 e. The molecule has 3 N–H and O–H groups in total. The Morgan fingerprint density at radius 3 is 2.71 bits per heavy atom. The SMILES string of the molecule is Cc1ccccc1NC(=O)COc1cccc([C@@H](C)N)c1. The van der Waals surface area contributed by atoms with E-state index in [1.165, 1.54) is 0 Å². The Bertz CT molecular complexity index is 624. The van der Waals surface area contributed by atoms with Crippen molar-refractivity contribution in [2.24, 2.45) is 5.73 Å². The van der Waals surface area contributed by atoms with Crippen LogP contribution in [-0.4, -0.2) is 12.5 Å². The molecule has 2 rings (SSSR count). The fourth-order valence-corrected chi connectivity index (χ4v) is 1.94. The van der Waals surface area contributed by atoms with Crippen molar-refractivity contribution in [3.8, 4) is 5.75 Å². The molecule has 21 heavy (non-hydrogen) atoms. The van der Waals surface area contributed by atoms with Crippen LogP contribution in [0.3, 0.4) is 0 Å². The molecule has 0 aliphatic heterocycles. The lowest BCUT2D eigenvalue weighted by Crippen LogP contribution is -2.20. The minimum Gasteiger partial charge on any atom is -0.484 e. The zero-order chi connectivity index (χ0) is 15.2. The summed E-state index contributed by atoms with van der Waals surface area (Å²) in [5.74, 6) is 0.459. The second kappa shape index (κ2) is 6.90. The van der Waals surface area contributed by atoms with Gasteiger partial charge in [-0.15, -0.1) is 0 Å². The first-order valence-electron chi connectivity index (χ1n) is 6.90. The highest BCUT2D eigenvalue weighted by molar-refractivity contribution is 5.92. The molecule has 0 saturated carbocycles. The van der Waals surface area contributed by atoms with E-state index < -0.39 is 0 Å². The molecule has 0 saturated heterocycles. The molecule has 0 spiro atoms. The van der Waals surface area contributed by atoms with Crippen molar-refractivity contribution < 1.29 is 9.53 Å². The minimum absolute atomic E-state index is 0.0310. The molecule has 110 valence electrons. The number of nitrogens with one attached hydrogen (secondary N) is 1. The Morgan fingerprint density at radius 2 is 2.00 bits per heavy atom. The third-order valence-corrected chi connectivity index (χ3v) is 3.17. The molecule has 0 fully saturated rings. The molecule has 0 aliphatic rings. The summed E-state index contributed by atoms with van der Waals surface area (Å²) in [6.45, 7) is 3.82. The van der Waals surface area contributed by atoms with Gasteiger partial charge < -0.3 is 15.8 Å². The first-order chi connectivity index (χ1) is 10.1. The summed E-state index contributed by atoms with van der Waals surface area (Å²) in [7, 11) is 0. The quantitative estimate of drug-likeness (QED) is 0.887. The van der Waals surface area contributed by atoms with Crippen LogP contribution in [0, 0.1) is 6.92 Å². The molecule has 0 aromatic heterocycles. The summed E-state index contributed by atoms with van der Waals surface area (Å²) in [5, 5.41) is 2.83. The molecule has 2 aromatic carbocycles. The average molecular weight is 284 g/mol. The van der Waals surface area contributed by atoms with Crippen LogP contribution in [0.4, 0.5) is 5.69 Å². The van der Waals surface area contributed by atoms with E-state index in [0.717, 1.165) is 16.8 Å². The molecule has 1 amide bonds. The van der Waals surface area contributed by atoms with E-state index >= 15 is 0 Å². The number of aryl methyl sites for hydroxylation is 1. The number of benzene rings is 2. The Balaban J connectivity index is 1.92. The topological polar surface area (TPSA) is 64.3 Å². The van der Waals surface area contributed by atoms with Crippen molar-refractivity contribution in [3.05, 3.63) is 59.7 Å². The van der Waals surface area contributed by atoms with Crippen LogP contribution < -0.4 is 15.8 Å². The van der Waals surface area contributed by atoms with Gasteiger partial charge in [-0.05, 0) is 43.2 Å². The zero-order valence-electron chi connectivity index (χ0n) is 12.3. The van der Waals surface area contributed by atoms with Crippen LogP contribution in [0.2, 0.25) is 0 Å². The standard InChI is InChI=1S/C17H20N2O2/c1-12-6-3-4-9-16(12)19-17(20)11-21-15-8-5-7-14(10-15)13(2)18/h3-10,13H,11,18H2,1-2H3,(H,19,20)/t13-/m1/s1. The Morgan fingerprint density at radius 1 is 1.24 bits per heavy atom. The van der Waals surface area contributed by atoms with Crippen LogP contribution in [0.15, 0.2) is 48.5 Å². The summed E-state index contributed by atoms with van der Waals surface area (Å²) in [6, 6.07) is 15.0. The molecule has 0 unspecified atom stereocenters. The number of rotatable bonds is 5. The van der Waals surface area contributed by atoms with Crippen LogP contribution in [-0.2, 0) is 4.79 Å². The van der Waals surface area contributed by atoms with E-state index in [2.05, 4.69) is 5.32 Å². The number of carbonyl (C=O) groups is 1. The maximum absolute atomic E-state index is 11.9. The molecule has 0 bridgehead atoms. The van der Waals surface area contributed by atoms with Crippen molar-refractivity contribution in [1.82, 2.24) is 0 Å². The zero-order valence-corrected chi connectivity index (χ0v) is 12.3. The van der Waals surface area contributed by atoms with E-state index in [9.17, 15) is 4.79 Å². The number of hydrogen-bond donors (Lipinski definition) is 2. The number of nitrogens with two attached hydrogens (primary N) is 1. The highest BCUT2D eigenvalue weighted by Gasteiger charge is 2.06. The van der Waals surface area contributed by atoms with E-state index in [1.807, 2.05) is 62.4 Å². The van der Waals surface area contributed by atoms with Gasteiger partial charge in [0, 0.05) is 11.7 Å². The van der Waals surface area contributed by atoms with E-state index in [4.69, 9.17) is 10.5 Å². The van der Waals surface area contributed by atoms with Crippen LogP contribution in [0.25, 0.3) is 0 Å². The maximum Gasteiger partial charge on any atom is 0.262 e. The highest BCUT2D eigenvalue weighted by atomic mass is 16.5. The van der Waals surface area contributed by atoms with E-state index in [0.29, 0.717) is 5.75 Å². The number of hydrogen-bond acceptors (Lipinski definition) is 3. The summed E-state index contributed by atoms with van der Waals surface area (Å²) >= 11 is 0. The predicted octanol–water partition coefficient (Wildman–Crippen LogP) is 3.03. The van der Waals surface area contributed by atoms with Crippen molar-refractivity contribution in [2.45, 2.75) is 19.9 Å². The van der Waals surface area contributed by atoms with Gasteiger partial charge in [-0.25, -0.2) is 0 Å². The molecular formula is C17H20N2O2. The molecule has 0 heterocycles. The van der Waals surface area contributed by atoms with Gasteiger partial charge in [0.05, 0.1) is 0 Å². The second-order valence-corrected chi connectivity index (χ2v) is 5.01. The van der Waals surface area contributed by atoms with Gasteiger partial charge in [-0.3, -0.25) is 4.79 Å². The first kappa shape index (κ1) is 15.1. The number of para-hydroxylation sites is 1. The van der Waals surface area contributed by atoms with Gasteiger partial charge in [0.2, 0.25) is 0 Å². The van der Waals surface area contributed by atoms with Crippen LogP contribution in [0.5, 0.6) is 5.75 Å². The fraction of sp³-hybridized carbons (Fsp3) is 0.235. The molecule has 4 heteroatoms. The molecule has 0 radical (unpaired) electrons. The monoisotopic (exact) mass is 284 g/mol. The Hall–Kier alpha value is -2.33. The van der Waals surface area contributed by atoms with E-state index in [-0.39, 0.29) is 18.6 Å². The maximum atomic E-state index is 11.9. The third-order valence-electron chi connectivity index (χ3n) is 3.17. The first-order valence-corrected chi connectivity index (χ1v) is 6.90. The fourth-order valence-electron chi connectivity index (χ4n) is 1.94. The molecule has 2 aromatic rings. The van der Waals surface area contributed by atoms with E-state index in [1.54, 1.807) is 0 Å². The van der Waals surface area contributed by atoms with Gasteiger partial charge in [0.15, 0.2) is 6.61 Å². The van der Waals surface area contributed by atoms with Crippen molar-refractivity contribution >= 4 is 11.6 Å². The third kappa shape index (κ3) is 4.33. The normalized spacial score (nSPS) is 11.8. The summed E-state index contributed by atoms with van der Waals surface area (Å²) < 4.78 is 5.50. The highest BCUT2D eigenvalue weighted by Crippen LogP contribution is 2.18. The van der Waals surface area contributed by atoms with Crippen molar-refractivity contribution in [1.29, 1.82) is 0 Å². The lowest BCUT2D eigenvalue weighted by molar-refractivity contribution is -0.118. The molecule has 4 nitrogen and oxygen atoms in total. The van der Waals surface area contributed by atoms with Gasteiger partial charge in [-0.1, -0.05) is 30.3 Å². The summed E-state index contributed by atoms with van der Waals surface area (Å²) in [4.78, 5) is 11.9. The van der Waals surface area contributed by atoms with Crippen LogP contribution in [0.1, 0.15) is 24.1 Å². The number of anilines is 1. The number of amides is 1. The van der Waals surface area contributed by atoms with Crippen molar-refractivity contribution in [2.75, 3.05) is 11.9 Å². The minimum atomic E-state index is -0.185. The van der Waals surface area contributed by atoms with Gasteiger partial charge in [0.25, 0.3) is 5.91 Å². The average Bonchev–Trinajstić information content (AvgIpc) is 2.48. The predicted molar refractivity (Wildman–Crippen MR) is 84.3 cm³/mol. The summed E-state index contributed by atoms with van der Waals surface area (Å²) in [6.07, 6.45) is 0. The Labute approximate surface area is 124 Å². The molecule has 1 atom stereocenters. The van der Waals surface area contributed by atoms with Gasteiger partial charge >= 0.3 is 0 Å². The van der Waals surface area contributed by atoms with Crippen LogP contribution >= 0.6 is 0 Å². The molecular weight excluding hydrogens is 264 g/mol.